The van der Waals surface area contributed by atoms with Gasteiger partial charge in [0.05, 0.1) is 11.3 Å². The van der Waals surface area contributed by atoms with Crippen molar-refractivity contribution in [2.24, 2.45) is 0 Å². The number of anilines is 1. The highest BCUT2D eigenvalue weighted by atomic mass is 16.5. The van der Waals surface area contributed by atoms with E-state index in [0.29, 0.717) is 5.57 Å². The van der Waals surface area contributed by atoms with Crippen LogP contribution in [0.3, 0.4) is 0 Å². The maximum absolute atomic E-state index is 13.0. The van der Waals surface area contributed by atoms with E-state index in [1.54, 1.807) is 6.92 Å². The minimum absolute atomic E-state index is 0.0658. The SMILES string of the molecule is CCCc1c(C)[nH]c(/C=C2\C(=O)N(COC(=O)CC)c3ccccc32)c1C. The molecule has 2 heterocycles. The van der Waals surface area contributed by atoms with Crippen LogP contribution in [0.15, 0.2) is 24.3 Å². The van der Waals surface area contributed by atoms with E-state index in [9.17, 15) is 9.59 Å². The Labute approximate surface area is 160 Å². The van der Waals surface area contributed by atoms with Gasteiger partial charge in [0.25, 0.3) is 5.91 Å². The van der Waals surface area contributed by atoms with E-state index in [1.807, 2.05) is 30.3 Å². The first kappa shape index (κ1) is 19.0. The van der Waals surface area contributed by atoms with Crippen LogP contribution in [0.1, 0.15) is 54.8 Å². The molecule has 1 aliphatic heterocycles. The molecule has 0 unspecified atom stereocenters. The van der Waals surface area contributed by atoms with Gasteiger partial charge in [-0.3, -0.25) is 14.5 Å². The van der Waals surface area contributed by atoms with E-state index in [4.69, 9.17) is 4.74 Å². The first-order chi connectivity index (χ1) is 13.0. The number of nitrogens with zero attached hydrogens (tertiary/aromatic N) is 1. The Morgan fingerprint density at radius 3 is 2.67 bits per heavy atom. The van der Waals surface area contributed by atoms with Crippen LogP contribution in [0.5, 0.6) is 0 Å². The lowest BCUT2D eigenvalue weighted by molar-refractivity contribution is -0.143. The average Bonchev–Trinajstić information content (AvgIpc) is 3.09. The van der Waals surface area contributed by atoms with Gasteiger partial charge < -0.3 is 9.72 Å². The summed E-state index contributed by atoms with van der Waals surface area (Å²) in [5.74, 6) is -0.471. The van der Waals surface area contributed by atoms with Crippen molar-refractivity contribution in [3.8, 4) is 0 Å². The molecule has 5 nitrogen and oxygen atoms in total. The number of aromatic amines is 1. The largest absolute Gasteiger partial charge is 0.444 e. The minimum Gasteiger partial charge on any atom is -0.444 e. The van der Waals surface area contributed by atoms with E-state index in [0.717, 1.165) is 35.5 Å². The summed E-state index contributed by atoms with van der Waals surface area (Å²) in [5, 5.41) is 0. The van der Waals surface area contributed by atoms with E-state index in [1.165, 1.54) is 16.0 Å². The molecule has 0 saturated heterocycles. The smallest absolute Gasteiger partial charge is 0.307 e. The fraction of sp³-hybridized carbons (Fsp3) is 0.364. The van der Waals surface area contributed by atoms with Crippen LogP contribution in [0.25, 0.3) is 11.6 Å². The number of carbonyl (C=O) groups is 2. The van der Waals surface area contributed by atoms with E-state index in [-0.39, 0.29) is 25.0 Å². The van der Waals surface area contributed by atoms with Gasteiger partial charge in [-0.15, -0.1) is 0 Å². The van der Waals surface area contributed by atoms with E-state index < -0.39 is 0 Å². The van der Waals surface area contributed by atoms with Crippen LogP contribution >= 0.6 is 0 Å². The van der Waals surface area contributed by atoms with Gasteiger partial charge in [0, 0.05) is 23.4 Å². The molecule has 0 atom stereocenters. The van der Waals surface area contributed by atoms with Gasteiger partial charge in [0.15, 0.2) is 6.73 Å². The van der Waals surface area contributed by atoms with Gasteiger partial charge >= 0.3 is 5.97 Å². The fourth-order valence-corrected chi connectivity index (χ4v) is 3.54. The van der Waals surface area contributed by atoms with Gasteiger partial charge in [-0.25, -0.2) is 0 Å². The van der Waals surface area contributed by atoms with Crippen LogP contribution in [-0.4, -0.2) is 23.6 Å². The number of hydrogen-bond acceptors (Lipinski definition) is 3. The normalized spacial score (nSPS) is 14.7. The molecule has 27 heavy (non-hydrogen) atoms. The molecule has 1 aliphatic rings. The van der Waals surface area contributed by atoms with E-state index >= 15 is 0 Å². The molecule has 0 saturated carbocycles. The summed E-state index contributed by atoms with van der Waals surface area (Å²) < 4.78 is 5.21. The lowest BCUT2D eigenvalue weighted by Gasteiger charge is -2.16. The summed E-state index contributed by atoms with van der Waals surface area (Å²) in [7, 11) is 0. The summed E-state index contributed by atoms with van der Waals surface area (Å²) in [4.78, 5) is 29.5. The zero-order chi connectivity index (χ0) is 19.6. The number of para-hydroxylation sites is 1. The molecule has 0 bridgehead atoms. The zero-order valence-electron chi connectivity index (χ0n) is 16.4. The molecule has 0 aliphatic carbocycles. The fourth-order valence-electron chi connectivity index (χ4n) is 3.54. The van der Waals surface area contributed by atoms with Gasteiger partial charge in [-0.2, -0.15) is 0 Å². The number of benzene rings is 1. The second-order valence-corrected chi connectivity index (χ2v) is 6.82. The molecule has 1 amide bonds. The van der Waals surface area contributed by atoms with Crippen LogP contribution in [-0.2, 0) is 20.7 Å². The third-order valence-electron chi connectivity index (χ3n) is 5.02. The second-order valence-electron chi connectivity index (χ2n) is 6.82. The first-order valence-corrected chi connectivity index (χ1v) is 9.44. The highest BCUT2D eigenvalue weighted by Gasteiger charge is 2.33. The van der Waals surface area contributed by atoms with Crippen molar-refractivity contribution in [1.82, 2.24) is 4.98 Å². The average molecular weight is 366 g/mol. The lowest BCUT2D eigenvalue weighted by Crippen LogP contribution is -2.30. The molecule has 3 rings (SSSR count). The number of amides is 1. The molecule has 0 radical (unpaired) electrons. The third kappa shape index (κ3) is 3.54. The standard InChI is InChI=1S/C22H26N2O3/c1-5-9-16-14(3)19(23-15(16)4)12-18-17-10-7-8-11-20(17)24(22(18)26)13-27-21(25)6-2/h7-8,10-12,23H,5-6,9,13H2,1-4H3/b18-12-. The van der Waals surface area contributed by atoms with Crippen LogP contribution < -0.4 is 4.90 Å². The minimum atomic E-state index is -0.322. The Bertz CT molecular complexity index is 908. The van der Waals surface area contributed by atoms with Crippen molar-refractivity contribution in [3.63, 3.8) is 0 Å². The van der Waals surface area contributed by atoms with Crippen molar-refractivity contribution in [2.45, 2.75) is 47.0 Å². The Morgan fingerprint density at radius 1 is 1.22 bits per heavy atom. The van der Waals surface area contributed by atoms with Crippen LogP contribution in [0, 0.1) is 13.8 Å². The number of esters is 1. The summed E-state index contributed by atoms with van der Waals surface area (Å²) in [6.45, 7) is 7.99. The highest BCUT2D eigenvalue weighted by Crippen LogP contribution is 2.38. The molecule has 1 aromatic carbocycles. The maximum atomic E-state index is 13.0. The third-order valence-corrected chi connectivity index (χ3v) is 5.02. The Morgan fingerprint density at radius 2 is 1.96 bits per heavy atom. The van der Waals surface area contributed by atoms with Crippen LogP contribution in [0.4, 0.5) is 5.69 Å². The lowest BCUT2D eigenvalue weighted by atomic mass is 10.0. The molecular formula is C22H26N2O3. The molecule has 0 fully saturated rings. The Kier molecular flexibility index (Phi) is 5.49. The molecule has 1 aromatic heterocycles. The van der Waals surface area contributed by atoms with Gasteiger partial charge in [-0.05, 0) is 43.5 Å². The summed E-state index contributed by atoms with van der Waals surface area (Å²) >= 11 is 0. The number of nitrogens with one attached hydrogen (secondary N) is 1. The second kappa shape index (κ2) is 7.82. The topological polar surface area (TPSA) is 62.4 Å². The first-order valence-electron chi connectivity index (χ1n) is 9.44. The van der Waals surface area contributed by atoms with Crippen molar-refractivity contribution in [3.05, 3.63) is 52.3 Å². The molecule has 2 aromatic rings. The van der Waals surface area contributed by atoms with Gasteiger partial charge in [0.1, 0.15) is 0 Å². The predicted molar refractivity (Wildman–Crippen MR) is 107 cm³/mol. The molecule has 5 heteroatoms. The van der Waals surface area contributed by atoms with Gasteiger partial charge in [0.2, 0.25) is 0 Å². The predicted octanol–water partition coefficient (Wildman–Crippen LogP) is 4.38. The molecule has 142 valence electrons. The number of fused-ring (bicyclic) bond motifs is 1. The van der Waals surface area contributed by atoms with Crippen molar-refractivity contribution in [2.75, 3.05) is 11.6 Å². The molecule has 0 spiro atoms. The number of hydrogen-bond donors (Lipinski definition) is 1. The monoisotopic (exact) mass is 366 g/mol. The van der Waals surface area contributed by atoms with Crippen molar-refractivity contribution in [1.29, 1.82) is 0 Å². The summed E-state index contributed by atoms with van der Waals surface area (Å²) in [6, 6.07) is 7.60. The number of rotatable bonds is 6. The number of aromatic nitrogens is 1. The highest BCUT2D eigenvalue weighted by molar-refractivity contribution is 6.35. The summed E-state index contributed by atoms with van der Waals surface area (Å²) in [5.41, 5.74) is 6.85. The van der Waals surface area contributed by atoms with Crippen LogP contribution in [0.2, 0.25) is 0 Å². The van der Waals surface area contributed by atoms with Crippen molar-refractivity contribution >= 4 is 29.2 Å². The number of carbonyl (C=O) groups excluding carboxylic acids is 2. The maximum Gasteiger partial charge on any atom is 0.307 e. The molecular weight excluding hydrogens is 340 g/mol. The number of H-pyrrole nitrogens is 1. The quantitative estimate of drug-likeness (QED) is 0.609. The molecule has 1 N–H and O–H groups in total. The van der Waals surface area contributed by atoms with Gasteiger partial charge in [-0.1, -0.05) is 38.5 Å². The zero-order valence-corrected chi connectivity index (χ0v) is 16.4. The Balaban J connectivity index is 1.99. The number of ether oxygens (including phenoxy) is 1. The van der Waals surface area contributed by atoms with Crippen molar-refractivity contribution < 1.29 is 14.3 Å². The summed E-state index contributed by atoms with van der Waals surface area (Å²) in [6.07, 6.45) is 4.30. The Hall–Kier alpha value is -2.82. The van der Waals surface area contributed by atoms with E-state index in [2.05, 4.69) is 25.8 Å². The number of aryl methyl sites for hydroxylation is 1.